The van der Waals surface area contributed by atoms with Gasteiger partial charge in [0.1, 0.15) is 5.69 Å². The van der Waals surface area contributed by atoms with E-state index in [4.69, 9.17) is 17.3 Å². The first-order chi connectivity index (χ1) is 13.0. The molecule has 142 valence electrons. The van der Waals surface area contributed by atoms with Crippen molar-refractivity contribution in [1.82, 2.24) is 9.88 Å². The Hall–Kier alpha value is -2.93. The molecule has 0 radical (unpaired) electrons. The molecule has 0 saturated carbocycles. The van der Waals surface area contributed by atoms with E-state index in [1.807, 2.05) is 19.9 Å². The van der Waals surface area contributed by atoms with Gasteiger partial charge in [0, 0.05) is 18.9 Å². The minimum absolute atomic E-state index is 0.104. The van der Waals surface area contributed by atoms with E-state index in [9.17, 15) is 9.59 Å². The molecule has 7 nitrogen and oxygen atoms in total. The smallest absolute Gasteiger partial charge is 0.275 e. The quantitative estimate of drug-likeness (QED) is 0.844. The van der Waals surface area contributed by atoms with Crippen molar-refractivity contribution in [2.45, 2.75) is 26.3 Å². The summed E-state index contributed by atoms with van der Waals surface area (Å²) in [6.45, 7) is 4.00. The lowest BCUT2D eigenvalue weighted by molar-refractivity contribution is -0.127. The first-order valence-electron chi connectivity index (χ1n) is 8.57. The third kappa shape index (κ3) is 4.83. The van der Waals surface area contributed by atoms with Gasteiger partial charge in [0.2, 0.25) is 5.91 Å². The van der Waals surface area contributed by atoms with E-state index in [0.29, 0.717) is 5.69 Å². The summed E-state index contributed by atoms with van der Waals surface area (Å²) in [5, 5.41) is 3.02. The van der Waals surface area contributed by atoms with Crippen LogP contribution in [0.4, 0.5) is 5.69 Å². The van der Waals surface area contributed by atoms with Crippen LogP contribution in [-0.4, -0.2) is 34.7 Å². The molecule has 1 unspecified atom stereocenters. The number of carbonyl (C=O) groups excluding carboxylic acids is 2. The van der Waals surface area contributed by atoms with Crippen LogP contribution in [0.15, 0.2) is 47.6 Å². The summed E-state index contributed by atoms with van der Waals surface area (Å²) in [5.41, 5.74) is 7.26. The van der Waals surface area contributed by atoms with Crippen molar-refractivity contribution < 1.29 is 9.59 Å². The summed E-state index contributed by atoms with van der Waals surface area (Å²) in [6, 6.07) is 9.99. The predicted octanol–water partition coefficient (Wildman–Crippen LogP) is 3.23. The van der Waals surface area contributed by atoms with Gasteiger partial charge in [-0.3, -0.25) is 14.5 Å². The molecule has 2 amide bonds. The number of aliphatic imine (C=N–C) groups is 1. The van der Waals surface area contributed by atoms with Gasteiger partial charge in [-0.05, 0) is 29.8 Å². The molecular weight excluding hydrogens is 366 g/mol. The highest BCUT2D eigenvalue weighted by molar-refractivity contribution is 6.34. The molecule has 3 N–H and O–H groups in total. The van der Waals surface area contributed by atoms with Gasteiger partial charge in [-0.15, -0.1) is 0 Å². The Bertz CT molecular complexity index is 869. The molecule has 1 atom stereocenters. The zero-order valence-electron chi connectivity index (χ0n) is 15.4. The Morgan fingerprint density at radius 3 is 2.70 bits per heavy atom. The third-order valence-corrected chi connectivity index (χ3v) is 4.18. The summed E-state index contributed by atoms with van der Waals surface area (Å²) in [6.07, 6.45) is 1.72. The highest BCUT2D eigenvalue weighted by atomic mass is 35.5. The first kappa shape index (κ1) is 20.4. The van der Waals surface area contributed by atoms with Crippen LogP contribution in [0, 0.1) is 0 Å². The number of guanidine groups is 1. The number of hydrogen-bond donors (Lipinski definition) is 2. The molecule has 2 aromatic rings. The number of rotatable bonds is 3. The van der Waals surface area contributed by atoms with E-state index in [1.54, 1.807) is 37.4 Å². The molecule has 8 heteroatoms. The monoisotopic (exact) mass is 387 g/mol. The minimum atomic E-state index is -0.412. The number of nitrogens with two attached hydrogens (primary N) is 1. The number of aromatic nitrogens is 1. The molecule has 0 fully saturated rings. The Labute approximate surface area is 163 Å². The first-order valence-corrected chi connectivity index (χ1v) is 8.95. The molecule has 1 aliphatic rings. The molecule has 27 heavy (non-hydrogen) atoms. The molecule has 1 aliphatic heterocycles. The van der Waals surface area contributed by atoms with E-state index in [2.05, 4.69) is 15.3 Å². The fourth-order valence-corrected chi connectivity index (χ4v) is 2.69. The van der Waals surface area contributed by atoms with E-state index >= 15 is 0 Å². The van der Waals surface area contributed by atoms with Crippen LogP contribution in [0.2, 0.25) is 5.02 Å². The van der Waals surface area contributed by atoms with Crippen LogP contribution in [0.3, 0.4) is 0 Å². The number of carbonyl (C=O) groups is 2. The standard InChI is InChI=1S/C17H16ClN5O2.C2H6/c1-23-14(24)9-13(22-17(23)19)10-4-2-5-11(8-10)21-16(25)15-12(18)6-3-7-20-15;1-2/h2-8,13H,9H2,1H3,(H2,19,22)(H,21,25);1-2H3. The van der Waals surface area contributed by atoms with Crippen LogP contribution < -0.4 is 11.1 Å². The molecular formula is C19H22ClN5O2. The normalized spacial score (nSPS) is 16.1. The molecule has 1 aromatic carbocycles. The second-order valence-corrected chi connectivity index (χ2v) is 5.98. The molecule has 0 aliphatic carbocycles. The minimum Gasteiger partial charge on any atom is -0.369 e. The number of hydrogen-bond acceptors (Lipinski definition) is 5. The largest absolute Gasteiger partial charge is 0.369 e. The summed E-state index contributed by atoms with van der Waals surface area (Å²) >= 11 is 5.99. The lowest BCUT2D eigenvalue weighted by Gasteiger charge is -2.25. The van der Waals surface area contributed by atoms with Gasteiger partial charge >= 0.3 is 0 Å². The molecule has 1 aromatic heterocycles. The van der Waals surface area contributed by atoms with Crippen molar-refractivity contribution in [1.29, 1.82) is 0 Å². The number of amides is 2. The maximum absolute atomic E-state index is 12.3. The Morgan fingerprint density at radius 2 is 2.04 bits per heavy atom. The number of halogens is 1. The van der Waals surface area contributed by atoms with Crippen molar-refractivity contribution in [3.8, 4) is 0 Å². The van der Waals surface area contributed by atoms with Crippen molar-refractivity contribution in [3.63, 3.8) is 0 Å². The van der Waals surface area contributed by atoms with Crippen LogP contribution in [0.5, 0.6) is 0 Å². The highest BCUT2D eigenvalue weighted by Crippen LogP contribution is 2.27. The number of nitrogens with one attached hydrogen (secondary N) is 1. The molecule has 0 spiro atoms. The van der Waals surface area contributed by atoms with Crippen molar-refractivity contribution >= 4 is 35.1 Å². The van der Waals surface area contributed by atoms with Crippen LogP contribution in [0.25, 0.3) is 0 Å². The van der Waals surface area contributed by atoms with Crippen LogP contribution >= 0.6 is 11.6 Å². The summed E-state index contributed by atoms with van der Waals surface area (Å²) < 4.78 is 0. The number of nitrogens with zero attached hydrogens (tertiary/aromatic N) is 3. The van der Waals surface area contributed by atoms with E-state index in [1.165, 1.54) is 11.1 Å². The van der Waals surface area contributed by atoms with Gasteiger partial charge in [-0.2, -0.15) is 0 Å². The van der Waals surface area contributed by atoms with Gasteiger partial charge < -0.3 is 11.1 Å². The second kappa shape index (κ2) is 9.14. The van der Waals surface area contributed by atoms with Gasteiger partial charge in [0.25, 0.3) is 5.91 Å². The van der Waals surface area contributed by atoms with Gasteiger partial charge in [-0.25, -0.2) is 9.98 Å². The summed E-state index contributed by atoms with van der Waals surface area (Å²) in [7, 11) is 1.59. The number of benzene rings is 1. The Balaban J connectivity index is 0.00000126. The molecule has 2 heterocycles. The third-order valence-electron chi connectivity index (χ3n) is 3.88. The maximum Gasteiger partial charge on any atom is 0.275 e. The fourth-order valence-electron chi connectivity index (χ4n) is 2.48. The topological polar surface area (TPSA) is 101 Å². The Kier molecular flexibility index (Phi) is 6.90. The molecule has 3 rings (SSSR count). The van der Waals surface area contributed by atoms with E-state index in [0.717, 1.165) is 5.56 Å². The van der Waals surface area contributed by atoms with Crippen LogP contribution in [-0.2, 0) is 4.79 Å². The summed E-state index contributed by atoms with van der Waals surface area (Å²) in [4.78, 5) is 33.9. The lowest BCUT2D eigenvalue weighted by Crippen LogP contribution is -2.42. The zero-order chi connectivity index (χ0) is 20.0. The predicted molar refractivity (Wildman–Crippen MR) is 107 cm³/mol. The van der Waals surface area contributed by atoms with Crippen molar-refractivity contribution in [3.05, 3.63) is 58.9 Å². The lowest BCUT2D eigenvalue weighted by atomic mass is 10.0. The molecule has 0 saturated heterocycles. The number of anilines is 1. The van der Waals surface area contributed by atoms with Gasteiger partial charge in [-0.1, -0.05) is 37.6 Å². The van der Waals surface area contributed by atoms with Crippen molar-refractivity contribution in [2.75, 3.05) is 12.4 Å². The van der Waals surface area contributed by atoms with E-state index < -0.39 is 5.91 Å². The summed E-state index contributed by atoms with van der Waals surface area (Å²) in [5.74, 6) is -0.339. The number of pyridine rings is 1. The average molecular weight is 388 g/mol. The van der Waals surface area contributed by atoms with Gasteiger partial charge in [0.05, 0.1) is 17.5 Å². The van der Waals surface area contributed by atoms with Gasteiger partial charge in [0.15, 0.2) is 5.96 Å². The highest BCUT2D eigenvalue weighted by Gasteiger charge is 2.25. The average Bonchev–Trinajstić information content (AvgIpc) is 2.68. The Morgan fingerprint density at radius 1 is 1.30 bits per heavy atom. The fraction of sp³-hybridized carbons (Fsp3) is 0.263. The SMILES string of the molecule is CC.CN1C(=O)CC(c2cccc(NC(=O)c3ncccc3Cl)c2)N=C1N. The van der Waals surface area contributed by atoms with Crippen LogP contribution in [0.1, 0.15) is 42.4 Å². The zero-order valence-corrected chi connectivity index (χ0v) is 16.2. The second-order valence-electron chi connectivity index (χ2n) is 5.57. The molecule has 0 bridgehead atoms. The van der Waals surface area contributed by atoms with E-state index in [-0.39, 0.29) is 35.0 Å². The van der Waals surface area contributed by atoms with Crippen molar-refractivity contribution in [2.24, 2.45) is 10.7 Å². The maximum atomic E-state index is 12.3.